The minimum Gasteiger partial charge on any atom is -0.218 e. The van der Waals surface area contributed by atoms with Gasteiger partial charge in [0, 0.05) is 5.39 Å². The lowest BCUT2D eigenvalue weighted by atomic mass is 9.60. The molecule has 0 N–H and O–H groups in total. The van der Waals surface area contributed by atoms with Crippen LogP contribution in [-0.2, 0) is 0 Å². The highest BCUT2D eigenvalue weighted by atomic mass is 35.5. The van der Waals surface area contributed by atoms with E-state index in [1.165, 1.54) is 0 Å². The van der Waals surface area contributed by atoms with Crippen molar-refractivity contribution in [2.45, 2.75) is 0 Å². The summed E-state index contributed by atoms with van der Waals surface area (Å²) >= 11 is 6.00. The second kappa shape index (κ2) is 5.55. The maximum Gasteiger partial charge on any atom is 0.223 e. The van der Waals surface area contributed by atoms with E-state index in [2.05, 4.69) is 9.97 Å². The van der Waals surface area contributed by atoms with Crippen LogP contribution in [0.1, 0.15) is 0 Å². The van der Waals surface area contributed by atoms with Gasteiger partial charge < -0.3 is 0 Å². The molecule has 1 aromatic heterocycles. The molecule has 2 aromatic carbocycles. The van der Waals surface area contributed by atoms with Crippen molar-refractivity contribution in [2.75, 3.05) is 0 Å². The van der Waals surface area contributed by atoms with Crippen LogP contribution in [0.2, 0.25) is 5.28 Å². The molecule has 0 atom stereocenters. The van der Waals surface area contributed by atoms with Crippen LogP contribution in [0.5, 0.6) is 0 Å². The second-order valence-corrected chi connectivity index (χ2v) is 5.14. The third kappa shape index (κ3) is 2.28. The minimum atomic E-state index is 0.0708. The van der Waals surface area contributed by atoms with Crippen LogP contribution >= 0.6 is 11.6 Å². The molecule has 8 heteroatoms. The summed E-state index contributed by atoms with van der Waals surface area (Å²) in [5.41, 5.74) is 2.44. The Morgan fingerprint density at radius 3 is 1.91 bits per heavy atom. The summed E-state index contributed by atoms with van der Waals surface area (Å²) in [6, 6.07) is 7.33. The fourth-order valence-corrected chi connectivity index (χ4v) is 2.52. The van der Waals surface area contributed by atoms with E-state index in [1.807, 2.05) is 24.3 Å². The van der Waals surface area contributed by atoms with Crippen molar-refractivity contribution in [1.82, 2.24) is 9.97 Å². The molecule has 1 heterocycles. The van der Waals surface area contributed by atoms with Crippen LogP contribution in [0, 0.1) is 0 Å². The summed E-state index contributed by atoms with van der Waals surface area (Å²) in [6.07, 6.45) is 0. The molecule has 0 unspecified atom stereocenters. The van der Waals surface area contributed by atoms with Crippen LogP contribution in [0.25, 0.3) is 22.2 Å². The van der Waals surface area contributed by atoms with E-state index in [0.29, 0.717) is 16.8 Å². The lowest BCUT2D eigenvalue weighted by molar-refractivity contribution is 1.23. The molecule has 92 valence electrons. The van der Waals surface area contributed by atoms with Gasteiger partial charge in [-0.05, 0) is 23.2 Å². The highest BCUT2D eigenvalue weighted by Crippen LogP contribution is 2.24. The van der Waals surface area contributed by atoms with Gasteiger partial charge in [-0.2, -0.15) is 0 Å². The molecule has 3 aromatic rings. The highest BCUT2D eigenvalue weighted by Gasteiger charge is 2.16. The molecule has 0 aliphatic rings. The number of halogens is 1. The number of para-hydroxylation sites is 1. The SMILES string of the molecule is [B]c1c([B])c([B])c(-c2nc(Cl)nc3ccccc23)c([B])c1[B]. The normalized spacial score (nSPS) is 11.0. The molecule has 0 spiro atoms. The maximum absolute atomic E-state index is 6.08. The fourth-order valence-electron chi connectivity index (χ4n) is 2.34. The molecule has 0 saturated heterocycles. The average Bonchev–Trinajstić information content (AvgIpc) is 2.51. The number of rotatable bonds is 1. The van der Waals surface area contributed by atoms with E-state index in [1.54, 1.807) is 0 Å². The molecule has 0 aliphatic heterocycles. The van der Waals surface area contributed by atoms with Gasteiger partial charge in [-0.25, -0.2) is 9.97 Å². The van der Waals surface area contributed by atoms with Gasteiger partial charge in [0.15, 0.2) is 0 Å². The zero-order valence-corrected chi connectivity index (χ0v) is 12.2. The van der Waals surface area contributed by atoms with Crippen molar-refractivity contribution < 1.29 is 0 Å². The first-order valence-corrected chi connectivity index (χ1v) is 6.73. The quantitative estimate of drug-likeness (QED) is 0.380. The Hall–Kier alpha value is -1.61. The topological polar surface area (TPSA) is 25.8 Å². The van der Waals surface area contributed by atoms with Gasteiger partial charge >= 0.3 is 0 Å². The molecule has 0 aliphatic carbocycles. The first-order chi connectivity index (χ1) is 10.4. The molecule has 0 amide bonds. The number of aromatic nitrogens is 2. The Labute approximate surface area is 140 Å². The number of benzene rings is 2. The summed E-state index contributed by atoms with van der Waals surface area (Å²) < 4.78 is 0. The van der Waals surface area contributed by atoms with Crippen molar-refractivity contribution in [3.8, 4) is 11.3 Å². The van der Waals surface area contributed by atoms with Crippen molar-refractivity contribution in [3.63, 3.8) is 0 Å². The standard InChI is InChI=1S/C14H4B5ClN2/c15-8-7(9(16)11(18)12(19)10(8)17)13-5-3-1-2-4-6(5)21-14(20)22-13/h1-4H. The summed E-state index contributed by atoms with van der Waals surface area (Å²) in [7, 11) is 29.8. The summed E-state index contributed by atoms with van der Waals surface area (Å²) in [6.45, 7) is 0. The highest BCUT2D eigenvalue weighted by molar-refractivity contribution is 6.68. The van der Waals surface area contributed by atoms with Gasteiger partial charge in [0.25, 0.3) is 0 Å². The minimum absolute atomic E-state index is 0.0708. The van der Waals surface area contributed by atoms with Gasteiger partial charge in [-0.1, -0.05) is 29.1 Å². The zero-order chi connectivity index (χ0) is 16.0. The largest absolute Gasteiger partial charge is 0.223 e. The molecule has 3 rings (SSSR count). The van der Waals surface area contributed by atoms with E-state index < -0.39 is 0 Å². The van der Waals surface area contributed by atoms with Crippen molar-refractivity contribution in [2.24, 2.45) is 0 Å². The Kier molecular flexibility index (Phi) is 3.86. The number of fused-ring (bicyclic) bond motifs is 1. The Bertz CT molecular complexity index is 884. The lowest BCUT2D eigenvalue weighted by Crippen LogP contribution is -2.55. The molecule has 0 bridgehead atoms. The van der Waals surface area contributed by atoms with Crippen LogP contribution in [-0.4, -0.2) is 49.2 Å². The van der Waals surface area contributed by atoms with Gasteiger partial charge in [0.2, 0.25) is 5.28 Å². The van der Waals surface area contributed by atoms with Crippen LogP contribution < -0.4 is 27.3 Å². The number of nitrogens with zero attached hydrogens (tertiary/aromatic N) is 2. The van der Waals surface area contributed by atoms with E-state index in [-0.39, 0.29) is 32.6 Å². The Balaban J connectivity index is 2.48. The van der Waals surface area contributed by atoms with Crippen LogP contribution in [0.15, 0.2) is 24.3 Å². The Morgan fingerprint density at radius 2 is 1.27 bits per heavy atom. The third-order valence-electron chi connectivity index (χ3n) is 3.51. The maximum atomic E-state index is 6.08. The van der Waals surface area contributed by atoms with E-state index >= 15 is 0 Å². The van der Waals surface area contributed by atoms with Crippen molar-refractivity contribution in [3.05, 3.63) is 29.5 Å². The van der Waals surface area contributed by atoms with E-state index in [4.69, 9.17) is 50.8 Å². The monoisotopic (exact) mass is 290 g/mol. The predicted molar refractivity (Wildman–Crippen MR) is 96.9 cm³/mol. The first kappa shape index (κ1) is 15.3. The van der Waals surface area contributed by atoms with Crippen molar-refractivity contribution >= 4 is 89.0 Å². The predicted octanol–water partition coefficient (Wildman–Crippen LogP) is -2.08. The molecule has 10 radical (unpaired) electrons. The first-order valence-electron chi connectivity index (χ1n) is 6.35. The third-order valence-corrected chi connectivity index (χ3v) is 3.68. The Morgan fingerprint density at radius 1 is 0.727 bits per heavy atom. The molecule has 0 saturated carbocycles. The van der Waals surface area contributed by atoms with Crippen LogP contribution in [0.3, 0.4) is 0 Å². The number of hydrogen-bond donors (Lipinski definition) is 0. The van der Waals surface area contributed by atoms with Gasteiger partial charge in [-0.3, -0.25) is 0 Å². The molecular formula is C14H4B5ClN2. The van der Waals surface area contributed by atoms with Gasteiger partial charge in [0.1, 0.15) is 39.2 Å². The average molecular weight is 290 g/mol. The van der Waals surface area contributed by atoms with Gasteiger partial charge in [0.05, 0.1) is 11.2 Å². The molecule has 2 nitrogen and oxygen atoms in total. The van der Waals surface area contributed by atoms with Crippen LogP contribution in [0.4, 0.5) is 0 Å². The zero-order valence-electron chi connectivity index (χ0n) is 11.5. The van der Waals surface area contributed by atoms with E-state index in [0.717, 1.165) is 5.39 Å². The van der Waals surface area contributed by atoms with Crippen molar-refractivity contribution in [1.29, 1.82) is 0 Å². The molecule has 0 fully saturated rings. The molecular weight excluding hydrogens is 286 g/mol. The fraction of sp³-hybridized carbons (Fsp3) is 0. The summed E-state index contributed by atoms with van der Waals surface area (Å²) in [5.74, 6) is 0. The summed E-state index contributed by atoms with van der Waals surface area (Å²) in [5, 5.41) is 0.801. The summed E-state index contributed by atoms with van der Waals surface area (Å²) in [4.78, 5) is 8.42. The number of hydrogen-bond acceptors (Lipinski definition) is 2. The second-order valence-electron chi connectivity index (χ2n) is 4.80. The van der Waals surface area contributed by atoms with E-state index in [9.17, 15) is 0 Å². The van der Waals surface area contributed by atoms with Gasteiger partial charge in [-0.15, -0.1) is 16.4 Å². The smallest absolute Gasteiger partial charge is 0.218 e. The lowest BCUT2D eigenvalue weighted by Gasteiger charge is -2.21. The molecule has 22 heavy (non-hydrogen) atoms.